The van der Waals surface area contributed by atoms with Gasteiger partial charge in [0.05, 0.1) is 18.7 Å². The van der Waals surface area contributed by atoms with Crippen LogP contribution in [0.1, 0.15) is 101 Å². The van der Waals surface area contributed by atoms with Gasteiger partial charge in [0.15, 0.2) is 5.82 Å². The van der Waals surface area contributed by atoms with Crippen molar-refractivity contribution in [2.75, 3.05) is 17.2 Å². The zero-order chi connectivity index (χ0) is 29.1. The van der Waals surface area contributed by atoms with Gasteiger partial charge in [-0.25, -0.2) is 0 Å². The van der Waals surface area contributed by atoms with Gasteiger partial charge in [0.2, 0.25) is 16.9 Å². The van der Waals surface area contributed by atoms with Gasteiger partial charge >= 0.3 is 0 Å². The molecule has 0 spiro atoms. The molecule has 1 aromatic carbocycles. The fourth-order valence-corrected chi connectivity index (χ4v) is 5.05. The Balaban J connectivity index is 1.32. The fourth-order valence-electron chi connectivity index (χ4n) is 4.26. The maximum atomic E-state index is 12.6. The molecule has 0 bridgehead atoms. The number of amides is 2. The van der Waals surface area contributed by atoms with Gasteiger partial charge in [-0.2, -0.15) is 5.10 Å². The molecule has 2 aromatic heterocycles. The summed E-state index contributed by atoms with van der Waals surface area (Å²) in [5.41, 5.74) is 1.77. The Morgan fingerprint density at radius 2 is 1.59 bits per heavy atom. The van der Waals surface area contributed by atoms with Crippen molar-refractivity contribution in [3.8, 4) is 5.75 Å². The third-order valence-corrected chi connectivity index (χ3v) is 7.46. The topological polar surface area (TPSA) is 119 Å². The number of benzene rings is 1. The summed E-state index contributed by atoms with van der Waals surface area (Å²) < 4.78 is 5.88. The van der Waals surface area contributed by atoms with E-state index in [9.17, 15) is 9.59 Å². The van der Waals surface area contributed by atoms with E-state index >= 15 is 0 Å². The number of nitrogens with zero attached hydrogens (tertiary/aromatic N) is 4. The summed E-state index contributed by atoms with van der Waals surface area (Å²) in [5.74, 6) is 1.09. The van der Waals surface area contributed by atoms with Crippen LogP contribution in [0.4, 0.5) is 10.9 Å². The van der Waals surface area contributed by atoms with Gasteiger partial charge in [0, 0.05) is 12.8 Å². The highest BCUT2D eigenvalue weighted by atomic mass is 32.1. The van der Waals surface area contributed by atoms with E-state index in [1.165, 1.54) is 43.4 Å². The third kappa shape index (κ3) is 13.2. The molecule has 0 saturated carbocycles. The second-order valence-electron chi connectivity index (χ2n) is 10.3. The van der Waals surface area contributed by atoms with E-state index in [0.717, 1.165) is 67.0 Å². The molecule has 0 unspecified atom stereocenters. The van der Waals surface area contributed by atoms with E-state index in [1.807, 2.05) is 30.3 Å². The average Bonchev–Trinajstić information content (AvgIpc) is 3.41. The van der Waals surface area contributed by atoms with Gasteiger partial charge in [0.25, 0.3) is 0 Å². The Kier molecular flexibility index (Phi) is 14.8. The summed E-state index contributed by atoms with van der Waals surface area (Å²) in [6.07, 6.45) is 13.4. The standard InChI is InChI=1S/C31H44N6O3S/c1-3-5-7-8-9-12-21-40-26-16-13-14-24(22-26)23-29(39)32-27-20-19-25(34-35-27)15-10-11-18-30-36-37-31(41-30)33-28(38)17-6-4-2/h13-14,16,19-20,22H,3-12,15,17-18,21,23H2,1-2H3,(H,32,35,39)(H,33,37,38). The highest BCUT2D eigenvalue weighted by molar-refractivity contribution is 7.15. The number of nitrogens with one attached hydrogen (secondary N) is 2. The van der Waals surface area contributed by atoms with Crippen molar-refractivity contribution in [1.82, 2.24) is 20.4 Å². The van der Waals surface area contributed by atoms with Crippen LogP contribution in [-0.2, 0) is 28.9 Å². The Morgan fingerprint density at radius 3 is 2.39 bits per heavy atom. The van der Waals surface area contributed by atoms with Crippen LogP contribution in [-0.4, -0.2) is 38.8 Å². The van der Waals surface area contributed by atoms with Crippen molar-refractivity contribution in [2.45, 2.75) is 104 Å². The zero-order valence-electron chi connectivity index (χ0n) is 24.5. The summed E-state index contributed by atoms with van der Waals surface area (Å²) in [6.45, 7) is 4.98. The van der Waals surface area contributed by atoms with E-state index in [1.54, 1.807) is 6.07 Å². The molecular weight excluding hydrogens is 536 g/mol. The summed E-state index contributed by atoms with van der Waals surface area (Å²) in [6, 6.07) is 11.4. The molecule has 9 nitrogen and oxygen atoms in total. The molecular formula is C31H44N6O3S. The molecule has 0 aliphatic rings. The van der Waals surface area contributed by atoms with E-state index in [4.69, 9.17) is 4.74 Å². The number of carbonyl (C=O) groups is 2. The molecule has 2 heterocycles. The van der Waals surface area contributed by atoms with Gasteiger partial charge in [0.1, 0.15) is 10.8 Å². The molecule has 2 N–H and O–H groups in total. The highest BCUT2D eigenvalue weighted by Crippen LogP contribution is 2.19. The van der Waals surface area contributed by atoms with E-state index < -0.39 is 0 Å². The molecule has 3 rings (SSSR count). The number of rotatable bonds is 20. The Hall–Kier alpha value is -3.40. The number of aromatic nitrogens is 4. The Bertz CT molecular complexity index is 1180. The van der Waals surface area contributed by atoms with Crippen LogP contribution >= 0.6 is 11.3 Å². The lowest BCUT2D eigenvalue weighted by Crippen LogP contribution is -2.16. The van der Waals surface area contributed by atoms with Gasteiger partial charge in [-0.05, 0) is 61.9 Å². The Labute approximate surface area is 247 Å². The Morgan fingerprint density at radius 1 is 0.780 bits per heavy atom. The summed E-state index contributed by atoms with van der Waals surface area (Å²) >= 11 is 1.43. The van der Waals surface area contributed by atoms with E-state index in [0.29, 0.717) is 24.0 Å². The second-order valence-corrected chi connectivity index (χ2v) is 11.3. The van der Waals surface area contributed by atoms with Crippen molar-refractivity contribution in [3.63, 3.8) is 0 Å². The summed E-state index contributed by atoms with van der Waals surface area (Å²) in [7, 11) is 0. The predicted octanol–water partition coefficient (Wildman–Crippen LogP) is 6.94. The van der Waals surface area contributed by atoms with Crippen LogP contribution in [0.5, 0.6) is 5.75 Å². The number of hydrogen-bond acceptors (Lipinski definition) is 8. The monoisotopic (exact) mass is 580 g/mol. The molecule has 0 fully saturated rings. The number of unbranched alkanes of at least 4 members (excludes halogenated alkanes) is 7. The molecule has 2 amide bonds. The minimum atomic E-state index is -0.141. The third-order valence-electron chi connectivity index (χ3n) is 6.56. The highest BCUT2D eigenvalue weighted by Gasteiger charge is 2.09. The number of ether oxygens (including phenoxy) is 1. The lowest BCUT2D eigenvalue weighted by Gasteiger charge is -2.09. The van der Waals surface area contributed by atoms with Gasteiger partial charge in [-0.1, -0.05) is 75.8 Å². The van der Waals surface area contributed by atoms with Crippen LogP contribution in [0.2, 0.25) is 0 Å². The SMILES string of the molecule is CCCCCCCCOc1cccc(CC(=O)Nc2ccc(CCCCc3nnc(NC(=O)CCCC)s3)nn2)c1. The number of carbonyl (C=O) groups excluding carboxylic acids is 2. The molecule has 3 aromatic rings. The van der Waals surface area contributed by atoms with Gasteiger partial charge < -0.3 is 15.4 Å². The first-order chi connectivity index (χ1) is 20.1. The molecule has 10 heteroatoms. The van der Waals surface area contributed by atoms with Crippen molar-refractivity contribution < 1.29 is 14.3 Å². The van der Waals surface area contributed by atoms with Crippen LogP contribution in [0.25, 0.3) is 0 Å². The van der Waals surface area contributed by atoms with Crippen molar-refractivity contribution >= 4 is 34.1 Å². The maximum absolute atomic E-state index is 12.6. The quantitative estimate of drug-likeness (QED) is 0.139. The minimum Gasteiger partial charge on any atom is -0.494 e. The van der Waals surface area contributed by atoms with Crippen LogP contribution in [0.15, 0.2) is 36.4 Å². The van der Waals surface area contributed by atoms with E-state index in [-0.39, 0.29) is 18.2 Å². The molecule has 0 saturated heterocycles. The second kappa shape index (κ2) is 18.9. The van der Waals surface area contributed by atoms with Crippen LogP contribution in [0.3, 0.4) is 0 Å². The molecule has 222 valence electrons. The summed E-state index contributed by atoms with van der Waals surface area (Å²) in [4.78, 5) is 24.4. The first-order valence-corrected chi connectivity index (χ1v) is 15.8. The normalized spacial score (nSPS) is 10.9. The molecule has 0 radical (unpaired) electrons. The molecule has 41 heavy (non-hydrogen) atoms. The summed E-state index contributed by atoms with van der Waals surface area (Å²) in [5, 5.41) is 23.8. The number of anilines is 2. The van der Waals surface area contributed by atoms with Crippen molar-refractivity contribution in [1.29, 1.82) is 0 Å². The van der Waals surface area contributed by atoms with Crippen molar-refractivity contribution in [2.24, 2.45) is 0 Å². The molecule has 0 atom stereocenters. The molecule has 0 aliphatic heterocycles. The smallest absolute Gasteiger partial charge is 0.229 e. The van der Waals surface area contributed by atoms with Crippen LogP contribution < -0.4 is 15.4 Å². The fraction of sp³-hybridized carbons (Fsp3) is 0.548. The van der Waals surface area contributed by atoms with Gasteiger partial charge in [-0.15, -0.1) is 15.3 Å². The molecule has 0 aliphatic carbocycles. The average molecular weight is 581 g/mol. The van der Waals surface area contributed by atoms with Crippen LogP contribution in [0, 0.1) is 0 Å². The lowest BCUT2D eigenvalue weighted by atomic mass is 10.1. The predicted molar refractivity (Wildman–Crippen MR) is 164 cm³/mol. The van der Waals surface area contributed by atoms with E-state index in [2.05, 4.69) is 44.9 Å². The maximum Gasteiger partial charge on any atom is 0.229 e. The van der Waals surface area contributed by atoms with Gasteiger partial charge in [-0.3, -0.25) is 9.59 Å². The minimum absolute atomic E-state index is 0.00866. The van der Waals surface area contributed by atoms with Crippen molar-refractivity contribution in [3.05, 3.63) is 52.7 Å². The number of hydrogen-bond donors (Lipinski definition) is 2. The largest absolute Gasteiger partial charge is 0.494 e. The first-order valence-electron chi connectivity index (χ1n) is 15.0. The number of aryl methyl sites for hydroxylation is 2. The zero-order valence-corrected chi connectivity index (χ0v) is 25.3. The first kappa shape index (κ1) is 32.1. The lowest BCUT2D eigenvalue weighted by molar-refractivity contribution is -0.116.